The van der Waals surface area contributed by atoms with Gasteiger partial charge in [0.05, 0.1) is 12.8 Å². The number of nitrogens with zero attached hydrogens (tertiary/aromatic N) is 2. The molecule has 0 spiro atoms. The zero-order chi connectivity index (χ0) is 13.5. The van der Waals surface area contributed by atoms with Crippen molar-refractivity contribution in [2.24, 2.45) is 7.05 Å². The van der Waals surface area contributed by atoms with Crippen molar-refractivity contribution < 1.29 is 9.47 Å². The molecule has 0 fully saturated rings. The number of thioether (sulfide) groups is 1. The fourth-order valence-electron chi connectivity index (χ4n) is 2.45. The lowest BCUT2D eigenvalue weighted by molar-refractivity contribution is 0.0401. The zero-order valence-corrected chi connectivity index (χ0v) is 12.0. The predicted octanol–water partition coefficient (Wildman–Crippen LogP) is 2.42. The molecule has 0 saturated heterocycles. The van der Waals surface area contributed by atoms with E-state index >= 15 is 0 Å². The summed E-state index contributed by atoms with van der Waals surface area (Å²) in [4.78, 5) is 1.23. The molecule has 1 aromatic heterocycles. The van der Waals surface area contributed by atoms with Gasteiger partial charge >= 0.3 is 0 Å². The van der Waals surface area contributed by atoms with Crippen molar-refractivity contribution in [2.45, 2.75) is 10.5 Å². The summed E-state index contributed by atoms with van der Waals surface area (Å²) in [6.07, 6.45) is 1.94. The molecule has 4 nitrogen and oxygen atoms in total. The second kappa shape index (κ2) is 4.58. The molecular formula is C14H16N2O2S. The van der Waals surface area contributed by atoms with Gasteiger partial charge in [-0.15, -0.1) is 11.8 Å². The maximum atomic E-state index is 5.87. The van der Waals surface area contributed by atoms with E-state index in [0.29, 0.717) is 0 Å². The van der Waals surface area contributed by atoms with Crippen LogP contribution in [0.4, 0.5) is 0 Å². The predicted molar refractivity (Wildman–Crippen MR) is 74.7 cm³/mol. The maximum absolute atomic E-state index is 5.87. The number of ether oxygens (including phenoxy) is 2. The Morgan fingerprint density at radius 2 is 2.16 bits per heavy atom. The molecule has 3 rings (SSSR count). The summed E-state index contributed by atoms with van der Waals surface area (Å²) in [7, 11) is 5.34. The summed E-state index contributed by atoms with van der Waals surface area (Å²) in [6, 6.07) is 8.13. The Kier molecular flexibility index (Phi) is 3.03. The molecule has 1 aliphatic heterocycles. The monoisotopic (exact) mass is 276 g/mol. The van der Waals surface area contributed by atoms with E-state index < -0.39 is 5.60 Å². The lowest BCUT2D eigenvalue weighted by Crippen LogP contribution is -2.30. The fraction of sp³-hybridized carbons (Fsp3) is 0.357. The third-order valence-electron chi connectivity index (χ3n) is 3.53. The van der Waals surface area contributed by atoms with Crippen LogP contribution >= 0.6 is 11.8 Å². The van der Waals surface area contributed by atoms with Gasteiger partial charge in [-0.25, -0.2) is 0 Å². The van der Waals surface area contributed by atoms with E-state index in [0.717, 1.165) is 22.8 Å². The number of benzene rings is 1. The van der Waals surface area contributed by atoms with E-state index in [1.165, 1.54) is 4.90 Å². The van der Waals surface area contributed by atoms with Crippen molar-refractivity contribution in [3.8, 4) is 5.75 Å². The van der Waals surface area contributed by atoms with Gasteiger partial charge in [-0.2, -0.15) is 5.10 Å². The molecule has 100 valence electrons. The van der Waals surface area contributed by atoms with Crippen molar-refractivity contribution in [1.82, 2.24) is 9.78 Å². The van der Waals surface area contributed by atoms with Crippen LogP contribution in [0, 0.1) is 0 Å². The molecule has 1 atom stereocenters. The van der Waals surface area contributed by atoms with Crippen LogP contribution in [0.2, 0.25) is 0 Å². The van der Waals surface area contributed by atoms with Crippen molar-refractivity contribution >= 4 is 11.8 Å². The van der Waals surface area contributed by atoms with Gasteiger partial charge in [-0.3, -0.25) is 4.68 Å². The Hall–Kier alpha value is -1.46. The molecule has 1 unspecified atom stereocenters. The SMILES string of the molecule is COc1ccc2c(c1)C(OC)(c1ccn(C)n1)CS2. The standard InChI is InChI=1S/C14H16N2O2S/c1-16-7-6-13(15-16)14(18-3)9-19-12-5-4-10(17-2)8-11(12)14/h4-8H,9H2,1-3H3. The Morgan fingerprint density at radius 1 is 1.32 bits per heavy atom. The fourth-order valence-corrected chi connectivity index (χ4v) is 3.77. The minimum absolute atomic E-state index is 0.476. The van der Waals surface area contributed by atoms with E-state index in [1.807, 2.05) is 31.4 Å². The van der Waals surface area contributed by atoms with Crippen LogP contribution in [0.15, 0.2) is 35.4 Å². The Balaban J connectivity index is 2.16. The molecule has 0 bridgehead atoms. The van der Waals surface area contributed by atoms with Crippen LogP contribution < -0.4 is 4.74 Å². The summed E-state index contributed by atoms with van der Waals surface area (Å²) >= 11 is 1.79. The summed E-state index contributed by atoms with van der Waals surface area (Å²) in [5.41, 5.74) is 1.60. The third kappa shape index (κ3) is 1.84. The number of fused-ring (bicyclic) bond motifs is 1. The van der Waals surface area contributed by atoms with E-state index in [1.54, 1.807) is 30.7 Å². The van der Waals surface area contributed by atoms with Crippen molar-refractivity contribution in [2.75, 3.05) is 20.0 Å². The van der Waals surface area contributed by atoms with Gasteiger partial charge in [0, 0.05) is 36.6 Å². The highest BCUT2D eigenvalue weighted by atomic mass is 32.2. The van der Waals surface area contributed by atoms with Crippen molar-refractivity contribution in [3.05, 3.63) is 41.7 Å². The first-order chi connectivity index (χ1) is 9.19. The first kappa shape index (κ1) is 12.6. The maximum Gasteiger partial charge on any atom is 0.147 e. The smallest absolute Gasteiger partial charge is 0.147 e. The second-order valence-corrected chi connectivity index (χ2v) is 5.57. The van der Waals surface area contributed by atoms with Gasteiger partial charge in [0.25, 0.3) is 0 Å². The zero-order valence-electron chi connectivity index (χ0n) is 11.2. The first-order valence-electron chi connectivity index (χ1n) is 6.06. The van der Waals surface area contributed by atoms with Gasteiger partial charge in [0.15, 0.2) is 0 Å². The van der Waals surface area contributed by atoms with Crippen LogP contribution in [0.25, 0.3) is 0 Å². The molecule has 19 heavy (non-hydrogen) atoms. The lowest BCUT2D eigenvalue weighted by Gasteiger charge is -2.26. The molecule has 1 aromatic carbocycles. The van der Waals surface area contributed by atoms with Crippen molar-refractivity contribution in [3.63, 3.8) is 0 Å². The van der Waals surface area contributed by atoms with Gasteiger partial charge in [-0.1, -0.05) is 0 Å². The highest BCUT2D eigenvalue weighted by Crippen LogP contribution is 2.48. The number of hydrogen-bond donors (Lipinski definition) is 0. The minimum Gasteiger partial charge on any atom is -0.497 e. The number of aromatic nitrogens is 2. The van der Waals surface area contributed by atoms with E-state index in [4.69, 9.17) is 9.47 Å². The topological polar surface area (TPSA) is 36.3 Å². The summed E-state index contributed by atoms with van der Waals surface area (Å²) < 4.78 is 13.0. The molecule has 0 saturated carbocycles. The Labute approximate surface area is 116 Å². The molecule has 2 heterocycles. The van der Waals surface area contributed by atoms with Crippen LogP contribution in [0.3, 0.4) is 0 Å². The van der Waals surface area contributed by atoms with E-state index in [-0.39, 0.29) is 0 Å². The van der Waals surface area contributed by atoms with Crippen molar-refractivity contribution in [1.29, 1.82) is 0 Å². The van der Waals surface area contributed by atoms with E-state index in [2.05, 4.69) is 11.2 Å². The highest BCUT2D eigenvalue weighted by molar-refractivity contribution is 7.99. The van der Waals surface area contributed by atoms with Gasteiger partial charge < -0.3 is 9.47 Å². The summed E-state index contributed by atoms with van der Waals surface area (Å²) in [6.45, 7) is 0. The van der Waals surface area contributed by atoms with Gasteiger partial charge in [0.1, 0.15) is 11.4 Å². The molecule has 0 radical (unpaired) electrons. The Bertz CT molecular complexity index is 611. The van der Waals surface area contributed by atoms with Crippen LogP contribution in [-0.4, -0.2) is 29.8 Å². The number of methoxy groups -OCH3 is 2. The molecular weight excluding hydrogens is 260 g/mol. The largest absolute Gasteiger partial charge is 0.497 e. The molecule has 1 aliphatic rings. The average molecular weight is 276 g/mol. The third-order valence-corrected chi connectivity index (χ3v) is 4.75. The van der Waals surface area contributed by atoms with E-state index in [9.17, 15) is 0 Å². The molecule has 0 aliphatic carbocycles. The number of hydrogen-bond acceptors (Lipinski definition) is 4. The normalized spacial score (nSPS) is 21.4. The molecule has 5 heteroatoms. The average Bonchev–Trinajstić information content (AvgIpc) is 3.02. The van der Waals surface area contributed by atoms with Crippen LogP contribution in [-0.2, 0) is 17.4 Å². The minimum atomic E-state index is -0.476. The number of rotatable bonds is 3. The van der Waals surface area contributed by atoms with Gasteiger partial charge in [0.2, 0.25) is 0 Å². The van der Waals surface area contributed by atoms with Crippen LogP contribution in [0.1, 0.15) is 11.3 Å². The lowest BCUT2D eigenvalue weighted by atomic mass is 9.92. The summed E-state index contributed by atoms with van der Waals surface area (Å²) in [5, 5.41) is 4.53. The summed E-state index contributed by atoms with van der Waals surface area (Å²) in [5.74, 6) is 1.68. The quantitative estimate of drug-likeness (QED) is 0.862. The second-order valence-electron chi connectivity index (χ2n) is 4.56. The first-order valence-corrected chi connectivity index (χ1v) is 7.05. The molecule has 0 N–H and O–H groups in total. The molecule has 0 amide bonds. The number of aryl methyl sites for hydroxylation is 1. The molecule has 2 aromatic rings. The van der Waals surface area contributed by atoms with Gasteiger partial charge in [-0.05, 0) is 24.3 Å². The Morgan fingerprint density at radius 3 is 2.79 bits per heavy atom. The highest BCUT2D eigenvalue weighted by Gasteiger charge is 2.43. The van der Waals surface area contributed by atoms with Crippen LogP contribution in [0.5, 0.6) is 5.75 Å².